The molecule has 0 spiro atoms. The molecule has 1 aliphatic heterocycles. The van der Waals surface area contributed by atoms with Crippen molar-refractivity contribution < 1.29 is 13.2 Å². The lowest BCUT2D eigenvalue weighted by Gasteiger charge is -2.27. The van der Waals surface area contributed by atoms with Crippen molar-refractivity contribution in [3.8, 4) is 0 Å². The van der Waals surface area contributed by atoms with E-state index in [2.05, 4.69) is 19.9 Å². The van der Waals surface area contributed by atoms with Gasteiger partial charge in [-0.15, -0.1) is 24.0 Å². The fourth-order valence-corrected chi connectivity index (χ4v) is 3.65. The first-order valence-electron chi connectivity index (χ1n) is 8.94. The van der Waals surface area contributed by atoms with Crippen LogP contribution in [0.3, 0.4) is 0 Å². The van der Waals surface area contributed by atoms with E-state index in [-0.39, 0.29) is 24.0 Å². The Labute approximate surface area is 180 Å². The third-order valence-corrected chi connectivity index (χ3v) is 5.13. The number of para-hydroxylation sites is 1. The Bertz CT molecular complexity index is 706. The molecule has 7 nitrogen and oxygen atoms in total. The molecule has 1 saturated heterocycles. The highest BCUT2D eigenvalue weighted by Crippen LogP contribution is 2.19. The van der Waals surface area contributed by atoms with Gasteiger partial charge in [0.2, 0.25) is 10.0 Å². The van der Waals surface area contributed by atoms with Gasteiger partial charge in [0, 0.05) is 40.4 Å². The van der Waals surface area contributed by atoms with E-state index in [1.54, 1.807) is 13.1 Å². The summed E-state index contributed by atoms with van der Waals surface area (Å²) in [5, 5.41) is 3.32. The van der Waals surface area contributed by atoms with Gasteiger partial charge in [0.05, 0.1) is 11.9 Å². The lowest BCUT2D eigenvalue weighted by molar-refractivity contribution is 0.0625. The van der Waals surface area contributed by atoms with E-state index in [0.717, 1.165) is 56.8 Å². The Morgan fingerprint density at radius 3 is 2.59 bits per heavy atom. The van der Waals surface area contributed by atoms with Crippen LogP contribution in [0, 0.1) is 5.92 Å². The minimum atomic E-state index is -3.31. The Morgan fingerprint density at radius 1 is 1.30 bits per heavy atom. The van der Waals surface area contributed by atoms with E-state index >= 15 is 0 Å². The lowest BCUT2D eigenvalue weighted by Crippen LogP contribution is -2.39. The summed E-state index contributed by atoms with van der Waals surface area (Å²) in [6.45, 7) is 3.15. The second-order valence-electron chi connectivity index (χ2n) is 6.70. The number of hydrogen-bond donors (Lipinski definition) is 2. The van der Waals surface area contributed by atoms with Crippen molar-refractivity contribution in [2.75, 3.05) is 44.8 Å². The maximum absolute atomic E-state index is 11.5. The van der Waals surface area contributed by atoms with Crippen LogP contribution in [0.5, 0.6) is 0 Å². The molecule has 154 valence electrons. The van der Waals surface area contributed by atoms with Crippen LogP contribution in [0.25, 0.3) is 0 Å². The largest absolute Gasteiger partial charge is 0.381 e. The predicted molar refractivity (Wildman–Crippen MR) is 121 cm³/mol. The molecule has 1 aliphatic rings. The zero-order valence-corrected chi connectivity index (χ0v) is 19.4. The molecular weight excluding hydrogens is 479 g/mol. The normalized spacial score (nSPS) is 15.7. The molecule has 0 atom stereocenters. The van der Waals surface area contributed by atoms with Crippen LogP contribution in [0.15, 0.2) is 29.3 Å². The monoisotopic (exact) mass is 510 g/mol. The van der Waals surface area contributed by atoms with Gasteiger partial charge in [-0.05, 0) is 36.8 Å². The standard InChI is InChI=1S/C18H30N4O3S.HI/c1-19-18(22(2)11-8-15-9-12-25-13-10-15)20-14-16-6-4-5-7-17(16)21-26(3,23)24;/h4-7,15,21H,8-14H2,1-3H3,(H,19,20);1H. The number of benzene rings is 1. The lowest BCUT2D eigenvalue weighted by atomic mass is 9.96. The predicted octanol–water partition coefficient (Wildman–Crippen LogP) is 2.50. The summed E-state index contributed by atoms with van der Waals surface area (Å²) in [4.78, 5) is 6.45. The molecule has 2 rings (SSSR count). The van der Waals surface area contributed by atoms with Gasteiger partial charge in [-0.25, -0.2) is 8.42 Å². The molecule has 0 unspecified atom stereocenters. The first-order chi connectivity index (χ1) is 12.4. The summed E-state index contributed by atoms with van der Waals surface area (Å²) in [5.41, 5.74) is 1.46. The van der Waals surface area contributed by atoms with Crippen molar-refractivity contribution in [3.05, 3.63) is 29.8 Å². The van der Waals surface area contributed by atoms with E-state index in [4.69, 9.17) is 4.74 Å². The molecule has 1 fully saturated rings. The van der Waals surface area contributed by atoms with Crippen LogP contribution in [-0.2, 0) is 21.3 Å². The number of anilines is 1. The number of ether oxygens (including phenoxy) is 1. The summed E-state index contributed by atoms with van der Waals surface area (Å²) < 4.78 is 31.0. The van der Waals surface area contributed by atoms with Gasteiger partial charge in [-0.3, -0.25) is 9.71 Å². The minimum absolute atomic E-state index is 0. The molecule has 0 amide bonds. The van der Waals surface area contributed by atoms with Crippen molar-refractivity contribution in [1.29, 1.82) is 0 Å². The van der Waals surface area contributed by atoms with E-state index in [1.807, 2.05) is 25.2 Å². The summed E-state index contributed by atoms with van der Waals surface area (Å²) in [5.74, 6) is 1.51. The van der Waals surface area contributed by atoms with Crippen molar-refractivity contribution in [2.24, 2.45) is 10.9 Å². The third-order valence-electron chi connectivity index (χ3n) is 4.54. The number of rotatable bonds is 7. The zero-order valence-electron chi connectivity index (χ0n) is 16.3. The second kappa shape index (κ2) is 11.7. The number of halogens is 1. The molecule has 0 aromatic heterocycles. The molecule has 1 aromatic rings. The second-order valence-corrected chi connectivity index (χ2v) is 8.45. The smallest absolute Gasteiger partial charge is 0.229 e. The number of nitrogens with one attached hydrogen (secondary N) is 2. The molecular formula is C18H31IN4O3S. The Kier molecular flexibility index (Phi) is 10.4. The first-order valence-corrected chi connectivity index (χ1v) is 10.8. The number of nitrogens with zero attached hydrogens (tertiary/aromatic N) is 2. The summed E-state index contributed by atoms with van der Waals surface area (Å²) in [7, 11) is 0.471. The Hall–Kier alpha value is -1.07. The number of guanidine groups is 1. The van der Waals surface area contributed by atoms with E-state index < -0.39 is 10.0 Å². The molecule has 0 aliphatic carbocycles. The SMILES string of the molecule is CN=C(NCc1ccccc1NS(C)(=O)=O)N(C)CCC1CCOCC1.I. The topological polar surface area (TPSA) is 83.0 Å². The van der Waals surface area contributed by atoms with Crippen molar-refractivity contribution in [1.82, 2.24) is 10.2 Å². The minimum Gasteiger partial charge on any atom is -0.381 e. The Morgan fingerprint density at radius 2 is 1.96 bits per heavy atom. The number of hydrogen-bond acceptors (Lipinski definition) is 4. The number of sulfonamides is 1. The van der Waals surface area contributed by atoms with Crippen LogP contribution in [0.4, 0.5) is 5.69 Å². The molecule has 1 heterocycles. The van der Waals surface area contributed by atoms with Crippen LogP contribution in [0.1, 0.15) is 24.8 Å². The third kappa shape index (κ3) is 8.65. The summed E-state index contributed by atoms with van der Waals surface area (Å²) >= 11 is 0. The molecule has 9 heteroatoms. The highest BCUT2D eigenvalue weighted by atomic mass is 127. The fourth-order valence-electron chi connectivity index (χ4n) is 3.05. The Balaban J connectivity index is 0.00000364. The van der Waals surface area contributed by atoms with Crippen LogP contribution in [0.2, 0.25) is 0 Å². The highest BCUT2D eigenvalue weighted by molar-refractivity contribution is 14.0. The van der Waals surface area contributed by atoms with Gasteiger partial charge in [-0.1, -0.05) is 18.2 Å². The fraction of sp³-hybridized carbons (Fsp3) is 0.611. The average Bonchev–Trinajstić information content (AvgIpc) is 2.61. The molecule has 0 radical (unpaired) electrons. The van der Waals surface area contributed by atoms with E-state index in [0.29, 0.717) is 18.2 Å². The van der Waals surface area contributed by atoms with Gasteiger partial charge < -0.3 is 15.0 Å². The first kappa shape index (κ1) is 24.0. The van der Waals surface area contributed by atoms with Crippen molar-refractivity contribution in [2.45, 2.75) is 25.8 Å². The van der Waals surface area contributed by atoms with Crippen LogP contribution >= 0.6 is 24.0 Å². The maximum Gasteiger partial charge on any atom is 0.229 e. The van der Waals surface area contributed by atoms with Gasteiger partial charge in [0.25, 0.3) is 0 Å². The van der Waals surface area contributed by atoms with Gasteiger partial charge in [-0.2, -0.15) is 0 Å². The van der Waals surface area contributed by atoms with Gasteiger partial charge >= 0.3 is 0 Å². The van der Waals surface area contributed by atoms with Crippen molar-refractivity contribution >= 4 is 45.6 Å². The molecule has 0 bridgehead atoms. The molecule has 1 aromatic carbocycles. The van der Waals surface area contributed by atoms with Crippen molar-refractivity contribution in [3.63, 3.8) is 0 Å². The van der Waals surface area contributed by atoms with Gasteiger partial charge in [0.15, 0.2) is 5.96 Å². The maximum atomic E-state index is 11.5. The van der Waals surface area contributed by atoms with Crippen LogP contribution < -0.4 is 10.0 Å². The highest BCUT2D eigenvalue weighted by Gasteiger charge is 2.15. The average molecular weight is 510 g/mol. The zero-order chi connectivity index (χ0) is 19.0. The van der Waals surface area contributed by atoms with Crippen LogP contribution in [-0.4, -0.2) is 59.4 Å². The quantitative estimate of drug-likeness (QED) is 0.335. The molecule has 0 saturated carbocycles. The summed E-state index contributed by atoms with van der Waals surface area (Å²) in [6, 6.07) is 7.36. The molecule has 27 heavy (non-hydrogen) atoms. The summed E-state index contributed by atoms with van der Waals surface area (Å²) in [6.07, 6.45) is 4.53. The van der Waals surface area contributed by atoms with E-state index in [9.17, 15) is 8.42 Å². The molecule has 2 N–H and O–H groups in total. The van der Waals surface area contributed by atoms with E-state index in [1.165, 1.54) is 0 Å². The number of aliphatic imine (C=N–C) groups is 1. The van der Waals surface area contributed by atoms with Gasteiger partial charge in [0.1, 0.15) is 0 Å².